The summed E-state index contributed by atoms with van der Waals surface area (Å²) in [4.78, 5) is 23.9. The van der Waals surface area contributed by atoms with E-state index < -0.39 is 43.2 Å². The van der Waals surface area contributed by atoms with E-state index in [-0.39, 0.29) is 5.78 Å². The third-order valence-electron chi connectivity index (χ3n) is 4.89. The maximum Gasteiger partial charge on any atom is 0.223 e. The van der Waals surface area contributed by atoms with Crippen molar-refractivity contribution >= 4 is 17.8 Å². The summed E-state index contributed by atoms with van der Waals surface area (Å²) in [7, 11) is 0. The van der Waals surface area contributed by atoms with E-state index in [1.807, 2.05) is 6.07 Å². The van der Waals surface area contributed by atoms with E-state index in [2.05, 4.69) is 5.32 Å². The lowest BCUT2D eigenvalue weighted by Crippen LogP contribution is -2.65. The number of rotatable bonds is 7. The summed E-state index contributed by atoms with van der Waals surface area (Å²) in [5, 5.41) is 32.5. The van der Waals surface area contributed by atoms with Crippen molar-refractivity contribution in [3.8, 4) is 5.75 Å². The van der Waals surface area contributed by atoms with Crippen LogP contribution in [0.1, 0.15) is 22.8 Å². The third kappa shape index (κ3) is 5.56. The topological polar surface area (TPSA) is 125 Å². The Bertz CT molecular complexity index is 931. The molecule has 8 nitrogen and oxygen atoms in total. The van der Waals surface area contributed by atoms with E-state index in [1.165, 1.54) is 13.0 Å². The predicted octanol–water partition coefficient (Wildman–Crippen LogP) is 0.905. The lowest BCUT2D eigenvalue weighted by atomic mass is 9.97. The molecular weight excluding hydrogens is 402 g/mol. The van der Waals surface area contributed by atoms with E-state index in [4.69, 9.17) is 9.47 Å². The van der Waals surface area contributed by atoms with Crippen molar-refractivity contribution in [1.82, 2.24) is 5.32 Å². The molecule has 3 rings (SSSR count). The Morgan fingerprint density at radius 1 is 1.06 bits per heavy atom. The van der Waals surface area contributed by atoms with Crippen molar-refractivity contribution < 1.29 is 34.4 Å². The van der Waals surface area contributed by atoms with E-state index in [0.29, 0.717) is 16.9 Å². The SMILES string of the molecule is CC(=O)N[C@@H]1[C@H](Oc2ccccc2/C=C/C(=O)c2ccccc2)O[C@H](CO)[C@@H](O)[C@@H]1O. The Balaban J connectivity index is 1.83. The molecule has 164 valence electrons. The minimum atomic E-state index is -1.41. The first-order valence-corrected chi connectivity index (χ1v) is 9.83. The molecular formula is C23H25NO7. The van der Waals surface area contributed by atoms with Gasteiger partial charge < -0.3 is 30.1 Å². The number of aliphatic hydroxyl groups excluding tert-OH is 3. The normalized spacial score (nSPS) is 25.9. The van der Waals surface area contributed by atoms with Crippen LogP contribution in [-0.2, 0) is 9.53 Å². The number of amides is 1. The molecule has 5 atom stereocenters. The van der Waals surface area contributed by atoms with Gasteiger partial charge in [0.25, 0.3) is 0 Å². The maximum absolute atomic E-state index is 12.4. The zero-order chi connectivity index (χ0) is 22.4. The number of para-hydroxylation sites is 1. The molecule has 1 heterocycles. The van der Waals surface area contributed by atoms with Crippen molar-refractivity contribution in [1.29, 1.82) is 0 Å². The van der Waals surface area contributed by atoms with Crippen LogP contribution in [0.15, 0.2) is 60.7 Å². The highest BCUT2D eigenvalue weighted by Crippen LogP contribution is 2.27. The van der Waals surface area contributed by atoms with Crippen molar-refractivity contribution in [2.45, 2.75) is 37.6 Å². The average molecular weight is 427 g/mol. The molecule has 0 radical (unpaired) electrons. The van der Waals surface area contributed by atoms with Gasteiger partial charge in [0.2, 0.25) is 12.2 Å². The Kier molecular flexibility index (Phi) is 7.54. The minimum absolute atomic E-state index is 0.181. The number of hydrogen-bond acceptors (Lipinski definition) is 7. The van der Waals surface area contributed by atoms with E-state index in [9.17, 15) is 24.9 Å². The molecule has 0 spiro atoms. The monoisotopic (exact) mass is 427 g/mol. The number of ketones is 1. The summed E-state index contributed by atoms with van der Waals surface area (Å²) in [6.45, 7) is 0.720. The molecule has 1 amide bonds. The molecule has 2 aromatic carbocycles. The van der Waals surface area contributed by atoms with Gasteiger partial charge in [0.1, 0.15) is 30.1 Å². The second-order valence-electron chi connectivity index (χ2n) is 7.15. The van der Waals surface area contributed by atoms with E-state index in [0.717, 1.165) is 0 Å². The van der Waals surface area contributed by atoms with Gasteiger partial charge in [-0.15, -0.1) is 0 Å². The number of carbonyl (C=O) groups is 2. The fourth-order valence-electron chi connectivity index (χ4n) is 3.29. The maximum atomic E-state index is 12.4. The highest BCUT2D eigenvalue weighted by Gasteiger charge is 2.46. The fourth-order valence-corrected chi connectivity index (χ4v) is 3.29. The van der Waals surface area contributed by atoms with Gasteiger partial charge >= 0.3 is 0 Å². The quantitative estimate of drug-likeness (QED) is 0.382. The summed E-state index contributed by atoms with van der Waals surface area (Å²) >= 11 is 0. The summed E-state index contributed by atoms with van der Waals surface area (Å²) in [5.74, 6) is -0.294. The predicted molar refractivity (Wildman–Crippen MR) is 112 cm³/mol. The summed E-state index contributed by atoms with van der Waals surface area (Å²) in [5.41, 5.74) is 1.11. The van der Waals surface area contributed by atoms with Crippen LogP contribution in [0.2, 0.25) is 0 Å². The summed E-state index contributed by atoms with van der Waals surface area (Å²) < 4.78 is 11.5. The number of benzene rings is 2. The first-order chi connectivity index (χ1) is 14.9. The molecule has 0 saturated carbocycles. The third-order valence-corrected chi connectivity index (χ3v) is 4.89. The number of ether oxygens (including phenoxy) is 2. The van der Waals surface area contributed by atoms with Gasteiger partial charge in [-0.1, -0.05) is 48.5 Å². The molecule has 0 aliphatic carbocycles. The number of hydrogen-bond donors (Lipinski definition) is 4. The van der Waals surface area contributed by atoms with Crippen LogP contribution in [0.5, 0.6) is 5.75 Å². The van der Waals surface area contributed by atoms with Crippen LogP contribution in [-0.4, -0.2) is 64.3 Å². The molecule has 0 bridgehead atoms. The lowest BCUT2D eigenvalue weighted by molar-refractivity contribution is -0.244. The zero-order valence-corrected chi connectivity index (χ0v) is 16.9. The second-order valence-corrected chi connectivity index (χ2v) is 7.15. The number of carbonyl (C=O) groups excluding carboxylic acids is 2. The smallest absolute Gasteiger partial charge is 0.223 e. The number of nitrogens with one attached hydrogen (secondary N) is 1. The molecule has 31 heavy (non-hydrogen) atoms. The van der Waals surface area contributed by atoms with Gasteiger partial charge in [0.05, 0.1) is 6.61 Å². The van der Waals surface area contributed by atoms with E-state index >= 15 is 0 Å². The van der Waals surface area contributed by atoms with Crippen LogP contribution in [0.4, 0.5) is 0 Å². The van der Waals surface area contributed by atoms with E-state index in [1.54, 1.807) is 54.6 Å². The fraction of sp³-hybridized carbons (Fsp3) is 0.304. The van der Waals surface area contributed by atoms with Crippen LogP contribution in [0, 0.1) is 0 Å². The Hall–Kier alpha value is -3.04. The van der Waals surface area contributed by atoms with Gasteiger partial charge in [-0.2, -0.15) is 0 Å². The van der Waals surface area contributed by atoms with Crippen molar-refractivity contribution in [2.24, 2.45) is 0 Å². The molecule has 1 fully saturated rings. The van der Waals surface area contributed by atoms with Crippen LogP contribution >= 0.6 is 0 Å². The van der Waals surface area contributed by atoms with Gasteiger partial charge in [-0.05, 0) is 18.2 Å². The Morgan fingerprint density at radius 2 is 1.74 bits per heavy atom. The first-order valence-electron chi connectivity index (χ1n) is 9.83. The highest BCUT2D eigenvalue weighted by molar-refractivity contribution is 6.06. The standard InChI is InChI=1S/C23H25NO7/c1-14(26)24-20-22(29)21(28)19(13-25)31-23(20)30-18-10-6-5-9-16(18)11-12-17(27)15-7-3-2-4-8-15/h2-12,19-23,25,28-29H,13H2,1H3,(H,24,26)/b12-11+/t19-,20+,21-,22-,23-/m1/s1. The number of aliphatic hydroxyl groups is 3. The molecule has 2 aromatic rings. The van der Waals surface area contributed by atoms with Gasteiger partial charge in [0.15, 0.2) is 5.78 Å². The largest absolute Gasteiger partial charge is 0.462 e. The lowest BCUT2D eigenvalue weighted by Gasteiger charge is -2.42. The molecule has 4 N–H and O–H groups in total. The molecule has 1 saturated heterocycles. The average Bonchev–Trinajstić information content (AvgIpc) is 2.78. The van der Waals surface area contributed by atoms with Crippen molar-refractivity contribution in [2.75, 3.05) is 6.61 Å². The van der Waals surface area contributed by atoms with Crippen LogP contribution < -0.4 is 10.1 Å². The molecule has 0 aromatic heterocycles. The Morgan fingerprint density at radius 3 is 2.42 bits per heavy atom. The zero-order valence-electron chi connectivity index (χ0n) is 16.9. The molecule has 1 aliphatic heterocycles. The molecule has 8 heteroatoms. The second kappa shape index (κ2) is 10.3. The van der Waals surface area contributed by atoms with Gasteiger partial charge in [0, 0.05) is 18.1 Å². The van der Waals surface area contributed by atoms with Crippen molar-refractivity contribution in [3.05, 3.63) is 71.8 Å². The highest BCUT2D eigenvalue weighted by atomic mass is 16.7. The summed E-state index contributed by atoms with van der Waals surface area (Å²) in [6, 6.07) is 14.6. The molecule has 1 aliphatic rings. The number of allylic oxidation sites excluding steroid dienone is 1. The Labute approximate surface area is 179 Å². The first kappa shape index (κ1) is 22.6. The van der Waals surface area contributed by atoms with Gasteiger partial charge in [-0.25, -0.2) is 0 Å². The molecule has 0 unspecified atom stereocenters. The summed E-state index contributed by atoms with van der Waals surface area (Å²) in [6.07, 6.45) is -2.08. The minimum Gasteiger partial charge on any atom is -0.462 e. The van der Waals surface area contributed by atoms with Crippen LogP contribution in [0.25, 0.3) is 6.08 Å². The van der Waals surface area contributed by atoms with Crippen LogP contribution in [0.3, 0.4) is 0 Å². The van der Waals surface area contributed by atoms with Gasteiger partial charge in [-0.3, -0.25) is 9.59 Å². The van der Waals surface area contributed by atoms with Crippen molar-refractivity contribution in [3.63, 3.8) is 0 Å².